The molecule has 0 unspecified atom stereocenters. The molecule has 0 aromatic heterocycles. The number of hydrogen-bond acceptors (Lipinski definition) is 2. The van der Waals surface area contributed by atoms with Crippen molar-refractivity contribution >= 4 is 0 Å². The first-order valence-corrected chi connectivity index (χ1v) is 2.02. The molecule has 0 bridgehead atoms. The monoisotopic (exact) mass is 97.1 g/mol. The SMILES string of the molecule is C/C=C(\O)CC#N. The highest BCUT2D eigenvalue weighted by atomic mass is 16.3. The zero-order valence-corrected chi connectivity index (χ0v) is 4.18. The third-order valence-corrected chi connectivity index (χ3v) is 0.593. The summed E-state index contributed by atoms with van der Waals surface area (Å²) >= 11 is 0. The fourth-order valence-electron chi connectivity index (χ4n) is 0.183. The third kappa shape index (κ3) is 2.84. The molecule has 2 heteroatoms. The van der Waals surface area contributed by atoms with Gasteiger partial charge < -0.3 is 5.11 Å². The molecule has 0 rings (SSSR count). The minimum absolute atomic E-state index is 0.122. The molecule has 0 spiro atoms. The Labute approximate surface area is 42.7 Å². The van der Waals surface area contributed by atoms with Crippen LogP contribution in [0.25, 0.3) is 0 Å². The van der Waals surface area contributed by atoms with Gasteiger partial charge in [0.05, 0.1) is 12.5 Å². The highest BCUT2D eigenvalue weighted by Gasteiger charge is 1.82. The van der Waals surface area contributed by atoms with Gasteiger partial charge in [0.1, 0.15) is 5.76 Å². The summed E-state index contributed by atoms with van der Waals surface area (Å²) in [5, 5.41) is 16.4. The molecule has 0 aromatic carbocycles. The van der Waals surface area contributed by atoms with E-state index >= 15 is 0 Å². The van der Waals surface area contributed by atoms with Crippen LogP contribution in [-0.2, 0) is 0 Å². The van der Waals surface area contributed by atoms with Crippen LogP contribution < -0.4 is 0 Å². The molecule has 1 N–H and O–H groups in total. The van der Waals surface area contributed by atoms with E-state index in [2.05, 4.69) is 0 Å². The molecule has 0 aliphatic heterocycles. The largest absolute Gasteiger partial charge is 0.512 e. The molecule has 0 amide bonds. The number of nitriles is 1. The summed E-state index contributed by atoms with van der Waals surface area (Å²) in [6.07, 6.45) is 1.62. The Morgan fingerprint density at radius 1 is 2.00 bits per heavy atom. The van der Waals surface area contributed by atoms with Gasteiger partial charge in [-0.3, -0.25) is 0 Å². The van der Waals surface area contributed by atoms with Crippen LogP contribution in [0.3, 0.4) is 0 Å². The van der Waals surface area contributed by atoms with Crippen LogP contribution in [0, 0.1) is 11.3 Å². The molecule has 0 atom stereocenters. The lowest BCUT2D eigenvalue weighted by Gasteiger charge is -1.82. The van der Waals surface area contributed by atoms with Gasteiger partial charge in [-0.1, -0.05) is 0 Å². The lowest BCUT2D eigenvalue weighted by molar-refractivity contribution is 0.401. The van der Waals surface area contributed by atoms with Gasteiger partial charge in [-0.25, -0.2) is 0 Å². The van der Waals surface area contributed by atoms with Gasteiger partial charge in [-0.2, -0.15) is 5.26 Å². The molecule has 0 fully saturated rings. The Morgan fingerprint density at radius 2 is 2.57 bits per heavy atom. The van der Waals surface area contributed by atoms with Crippen LogP contribution >= 0.6 is 0 Å². The number of aliphatic hydroxyl groups excluding tert-OH is 1. The van der Waals surface area contributed by atoms with E-state index in [0.29, 0.717) is 0 Å². The van der Waals surface area contributed by atoms with Crippen molar-refractivity contribution in [3.63, 3.8) is 0 Å². The van der Waals surface area contributed by atoms with E-state index in [1.54, 1.807) is 13.0 Å². The van der Waals surface area contributed by atoms with Gasteiger partial charge >= 0.3 is 0 Å². The Morgan fingerprint density at radius 3 is 2.71 bits per heavy atom. The van der Waals surface area contributed by atoms with Crippen LogP contribution in [-0.4, -0.2) is 5.11 Å². The molecule has 0 aromatic rings. The minimum Gasteiger partial charge on any atom is -0.512 e. The fourth-order valence-corrected chi connectivity index (χ4v) is 0.183. The summed E-state index contributed by atoms with van der Waals surface area (Å²) in [4.78, 5) is 0. The van der Waals surface area contributed by atoms with E-state index in [-0.39, 0.29) is 12.2 Å². The predicted molar refractivity (Wildman–Crippen MR) is 26.6 cm³/mol. The molecule has 7 heavy (non-hydrogen) atoms. The van der Waals surface area contributed by atoms with Crippen molar-refractivity contribution in [2.24, 2.45) is 0 Å². The molecular weight excluding hydrogens is 90.1 g/mol. The van der Waals surface area contributed by atoms with Crippen molar-refractivity contribution in [1.82, 2.24) is 0 Å². The van der Waals surface area contributed by atoms with Crippen LogP contribution in [0.5, 0.6) is 0 Å². The number of aliphatic hydroxyl groups is 1. The second-order valence-electron chi connectivity index (χ2n) is 1.11. The molecular formula is C5H7NO. The zero-order chi connectivity index (χ0) is 5.70. The molecule has 2 nitrogen and oxygen atoms in total. The normalized spacial score (nSPS) is 10.6. The van der Waals surface area contributed by atoms with Crippen molar-refractivity contribution in [3.05, 3.63) is 11.8 Å². The van der Waals surface area contributed by atoms with Gasteiger partial charge in [0.2, 0.25) is 0 Å². The number of allylic oxidation sites excluding steroid dienone is 2. The van der Waals surface area contributed by atoms with Gasteiger partial charge in [0.25, 0.3) is 0 Å². The van der Waals surface area contributed by atoms with Crippen molar-refractivity contribution < 1.29 is 5.11 Å². The first-order valence-electron chi connectivity index (χ1n) is 2.02. The smallest absolute Gasteiger partial charge is 0.102 e. The lowest BCUT2D eigenvalue weighted by Crippen LogP contribution is -1.73. The molecule has 0 aliphatic carbocycles. The Bertz CT molecular complexity index is 110. The maximum Gasteiger partial charge on any atom is 0.102 e. The van der Waals surface area contributed by atoms with Gasteiger partial charge in [0.15, 0.2) is 0 Å². The minimum atomic E-state index is 0.122. The van der Waals surface area contributed by atoms with Gasteiger partial charge in [0, 0.05) is 0 Å². The van der Waals surface area contributed by atoms with Crippen LogP contribution in [0.4, 0.5) is 0 Å². The molecule has 38 valence electrons. The van der Waals surface area contributed by atoms with E-state index in [4.69, 9.17) is 10.4 Å². The van der Waals surface area contributed by atoms with Crippen molar-refractivity contribution in [2.45, 2.75) is 13.3 Å². The molecule has 0 saturated carbocycles. The number of rotatable bonds is 1. The summed E-state index contributed by atoms with van der Waals surface area (Å²) in [6, 6.07) is 1.80. The van der Waals surface area contributed by atoms with Crippen molar-refractivity contribution in [3.8, 4) is 6.07 Å². The first kappa shape index (κ1) is 6.03. The average molecular weight is 97.1 g/mol. The highest BCUT2D eigenvalue weighted by molar-refractivity contribution is 4.95. The van der Waals surface area contributed by atoms with Crippen LogP contribution in [0.1, 0.15) is 13.3 Å². The lowest BCUT2D eigenvalue weighted by atomic mass is 10.4. The van der Waals surface area contributed by atoms with Gasteiger partial charge in [-0.05, 0) is 13.0 Å². The van der Waals surface area contributed by atoms with E-state index in [1.807, 2.05) is 0 Å². The standard InChI is InChI=1S/C5H7NO/c1-2-5(7)3-4-6/h2,7H,3H2,1H3/b5-2-. The van der Waals surface area contributed by atoms with Crippen LogP contribution in [0.2, 0.25) is 0 Å². The summed E-state index contributed by atoms with van der Waals surface area (Å²) in [6.45, 7) is 1.69. The summed E-state index contributed by atoms with van der Waals surface area (Å²) in [5.74, 6) is 0.141. The van der Waals surface area contributed by atoms with Crippen molar-refractivity contribution in [2.75, 3.05) is 0 Å². The quantitative estimate of drug-likeness (QED) is 0.502. The first-order chi connectivity index (χ1) is 3.31. The molecule has 0 saturated heterocycles. The third-order valence-electron chi connectivity index (χ3n) is 0.593. The van der Waals surface area contributed by atoms with E-state index < -0.39 is 0 Å². The van der Waals surface area contributed by atoms with Crippen LogP contribution in [0.15, 0.2) is 11.8 Å². The topological polar surface area (TPSA) is 44.0 Å². The molecule has 0 aliphatic rings. The summed E-state index contributed by atoms with van der Waals surface area (Å²) in [7, 11) is 0. The Kier molecular flexibility index (Phi) is 2.78. The second-order valence-corrected chi connectivity index (χ2v) is 1.11. The Balaban J connectivity index is 3.43. The molecule has 0 heterocycles. The maximum absolute atomic E-state index is 8.50. The van der Waals surface area contributed by atoms with E-state index in [0.717, 1.165) is 0 Å². The molecule has 0 radical (unpaired) electrons. The fraction of sp³-hybridized carbons (Fsp3) is 0.400. The van der Waals surface area contributed by atoms with Crippen molar-refractivity contribution in [1.29, 1.82) is 5.26 Å². The zero-order valence-electron chi connectivity index (χ0n) is 4.18. The van der Waals surface area contributed by atoms with E-state index in [1.165, 1.54) is 6.08 Å². The second kappa shape index (κ2) is 3.23. The maximum atomic E-state index is 8.50. The number of hydrogen-bond donors (Lipinski definition) is 1. The van der Waals surface area contributed by atoms with E-state index in [9.17, 15) is 0 Å². The average Bonchev–Trinajstić information content (AvgIpc) is 1.68. The Hall–Kier alpha value is -0.970. The summed E-state index contributed by atoms with van der Waals surface area (Å²) in [5.41, 5.74) is 0. The predicted octanol–water partition coefficient (Wildman–Crippen LogP) is 1.36. The van der Waals surface area contributed by atoms with Gasteiger partial charge in [-0.15, -0.1) is 0 Å². The highest BCUT2D eigenvalue weighted by Crippen LogP contribution is 1.90. The number of nitrogens with zero attached hydrogens (tertiary/aromatic N) is 1. The summed E-state index contributed by atoms with van der Waals surface area (Å²) < 4.78 is 0.